The molecule has 6 heteroatoms. The van der Waals surface area contributed by atoms with Gasteiger partial charge in [0, 0.05) is 13.1 Å². The van der Waals surface area contributed by atoms with Crippen LogP contribution >= 0.6 is 0 Å². The highest BCUT2D eigenvalue weighted by atomic mass is 16.1. The number of nitrogens with zero attached hydrogens (tertiary/aromatic N) is 3. The number of fused-ring (bicyclic) bond motifs is 1. The van der Waals surface area contributed by atoms with Crippen LogP contribution in [0, 0.1) is 5.92 Å². The van der Waals surface area contributed by atoms with Crippen LogP contribution in [0.2, 0.25) is 0 Å². The molecule has 0 saturated carbocycles. The molecule has 3 N–H and O–H groups in total. The molecule has 2 rings (SSSR count). The van der Waals surface area contributed by atoms with E-state index >= 15 is 0 Å². The smallest absolute Gasteiger partial charge is 0.288 e. The van der Waals surface area contributed by atoms with Gasteiger partial charge in [-0.25, -0.2) is 4.68 Å². The number of carbonyl (C=O) groups is 1. The predicted molar refractivity (Wildman–Crippen MR) is 46.2 cm³/mol. The van der Waals surface area contributed by atoms with Gasteiger partial charge >= 0.3 is 0 Å². The van der Waals surface area contributed by atoms with Crippen LogP contribution in [0.15, 0.2) is 0 Å². The fourth-order valence-electron chi connectivity index (χ4n) is 1.33. The standard InChI is InChI=1S/C7H11N5O/c1-4-2-9-7-10-6(5(8)13)11-12(7)3-4/h4H,2-3H2,1H3,(H2,8,13)(H,9,10,11). The number of anilines is 1. The number of rotatable bonds is 1. The minimum atomic E-state index is -0.587. The number of nitrogens with two attached hydrogens (primary N) is 1. The Morgan fingerprint density at radius 1 is 1.77 bits per heavy atom. The van der Waals surface area contributed by atoms with Gasteiger partial charge in [0.05, 0.1) is 0 Å². The molecular weight excluding hydrogens is 170 g/mol. The lowest BCUT2D eigenvalue weighted by atomic mass is 10.1. The fourth-order valence-corrected chi connectivity index (χ4v) is 1.33. The molecule has 0 saturated heterocycles. The third kappa shape index (κ3) is 1.34. The van der Waals surface area contributed by atoms with E-state index in [4.69, 9.17) is 5.73 Å². The molecular formula is C7H11N5O. The highest BCUT2D eigenvalue weighted by Gasteiger charge is 2.19. The lowest BCUT2D eigenvalue weighted by Gasteiger charge is -2.19. The first-order valence-corrected chi connectivity index (χ1v) is 4.15. The van der Waals surface area contributed by atoms with Crippen molar-refractivity contribution in [3.05, 3.63) is 5.82 Å². The van der Waals surface area contributed by atoms with Gasteiger partial charge in [-0.15, -0.1) is 5.10 Å². The molecule has 1 aliphatic heterocycles. The number of primary amides is 1. The minimum absolute atomic E-state index is 0.0802. The van der Waals surface area contributed by atoms with Crippen molar-refractivity contribution in [3.63, 3.8) is 0 Å². The molecule has 6 nitrogen and oxygen atoms in total. The first kappa shape index (κ1) is 8.03. The Hall–Kier alpha value is -1.59. The first-order chi connectivity index (χ1) is 6.16. The summed E-state index contributed by atoms with van der Waals surface area (Å²) < 4.78 is 1.67. The number of hydrogen-bond acceptors (Lipinski definition) is 4. The summed E-state index contributed by atoms with van der Waals surface area (Å²) in [5.41, 5.74) is 5.06. The van der Waals surface area contributed by atoms with Crippen molar-refractivity contribution in [1.29, 1.82) is 0 Å². The summed E-state index contributed by atoms with van der Waals surface area (Å²) in [5, 5.41) is 7.04. The summed E-state index contributed by atoms with van der Waals surface area (Å²) >= 11 is 0. The van der Waals surface area contributed by atoms with E-state index in [1.807, 2.05) is 0 Å². The molecule has 0 aromatic carbocycles. The molecule has 0 bridgehead atoms. The molecule has 1 unspecified atom stereocenters. The number of amides is 1. The summed E-state index contributed by atoms with van der Waals surface area (Å²) in [5.74, 6) is 0.620. The number of carbonyl (C=O) groups excluding carboxylic acids is 1. The van der Waals surface area contributed by atoms with E-state index in [1.165, 1.54) is 0 Å². The van der Waals surface area contributed by atoms with Gasteiger partial charge in [0.2, 0.25) is 11.8 Å². The Morgan fingerprint density at radius 3 is 3.23 bits per heavy atom. The zero-order valence-electron chi connectivity index (χ0n) is 7.32. The summed E-state index contributed by atoms with van der Waals surface area (Å²) in [6, 6.07) is 0. The lowest BCUT2D eigenvalue weighted by Crippen LogP contribution is -2.26. The molecule has 1 aromatic heterocycles. The van der Waals surface area contributed by atoms with E-state index in [2.05, 4.69) is 22.3 Å². The van der Waals surface area contributed by atoms with Gasteiger partial charge in [-0.3, -0.25) is 4.79 Å². The van der Waals surface area contributed by atoms with Crippen molar-refractivity contribution < 1.29 is 4.79 Å². The highest BCUT2D eigenvalue weighted by Crippen LogP contribution is 2.14. The van der Waals surface area contributed by atoms with Crippen LogP contribution in [-0.2, 0) is 6.54 Å². The maximum atomic E-state index is 10.8. The maximum absolute atomic E-state index is 10.8. The zero-order valence-corrected chi connectivity index (χ0v) is 7.32. The molecule has 1 aliphatic rings. The molecule has 70 valence electrons. The highest BCUT2D eigenvalue weighted by molar-refractivity contribution is 5.89. The fraction of sp³-hybridized carbons (Fsp3) is 0.571. The molecule has 1 aromatic rings. The van der Waals surface area contributed by atoms with Gasteiger partial charge in [0.25, 0.3) is 5.91 Å². The van der Waals surface area contributed by atoms with Gasteiger partial charge in [-0.05, 0) is 5.92 Å². The minimum Gasteiger partial charge on any atom is -0.363 e. The topological polar surface area (TPSA) is 85.8 Å². The average molecular weight is 181 g/mol. The summed E-state index contributed by atoms with van der Waals surface area (Å²) in [4.78, 5) is 14.7. The monoisotopic (exact) mass is 181 g/mol. The van der Waals surface area contributed by atoms with Crippen molar-refractivity contribution in [2.45, 2.75) is 13.5 Å². The second kappa shape index (κ2) is 2.72. The van der Waals surface area contributed by atoms with E-state index in [-0.39, 0.29) is 5.82 Å². The largest absolute Gasteiger partial charge is 0.363 e. The van der Waals surface area contributed by atoms with Crippen LogP contribution in [0.4, 0.5) is 5.95 Å². The summed E-state index contributed by atoms with van der Waals surface area (Å²) in [6.07, 6.45) is 0. The third-order valence-corrected chi connectivity index (χ3v) is 1.99. The number of nitrogens with one attached hydrogen (secondary N) is 1. The SMILES string of the molecule is CC1CNc2nc(C(N)=O)nn2C1. The van der Waals surface area contributed by atoms with E-state index in [9.17, 15) is 4.79 Å². The normalized spacial score (nSPS) is 20.5. The second-order valence-electron chi connectivity index (χ2n) is 3.29. The molecule has 13 heavy (non-hydrogen) atoms. The van der Waals surface area contributed by atoms with E-state index in [1.54, 1.807) is 4.68 Å². The van der Waals surface area contributed by atoms with E-state index in [0.29, 0.717) is 11.9 Å². The average Bonchev–Trinajstić information content (AvgIpc) is 2.46. The van der Waals surface area contributed by atoms with Gasteiger partial charge in [-0.1, -0.05) is 6.92 Å². The van der Waals surface area contributed by atoms with Crippen LogP contribution in [0.3, 0.4) is 0 Å². The zero-order chi connectivity index (χ0) is 9.42. The summed E-state index contributed by atoms with van der Waals surface area (Å²) in [7, 11) is 0. The van der Waals surface area contributed by atoms with Crippen molar-refractivity contribution in [2.75, 3.05) is 11.9 Å². The molecule has 0 fully saturated rings. The number of aromatic nitrogens is 3. The van der Waals surface area contributed by atoms with Crippen molar-refractivity contribution in [2.24, 2.45) is 11.7 Å². The van der Waals surface area contributed by atoms with Gasteiger partial charge in [0.15, 0.2) is 0 Å². The predicted octanol–water partition coefficient (Wildman–Crippen LogP) is -0.561. The Labute approximate surface area is 75.1 Å². The maximum Gasteiger partial charge on any atom is 0.288 e. The van der Waals surface area contributed by atoms with Crippen LogP contribution < -0.4 is 11.1 Å². The lowest BCUT2D eigenvalue weighted by molar-refractivity contribution is 0.0990. The Balaban J connectivity index is 2.33. The molecule has 0 aliphatic carbocycles. The van der Waals surface area contributed by atoms with E-state index in [0.717, 1.165) is 13.1 Å². The molecule has 0 radical (unpaired) electrons. The van der Waals surface area contributed by atoms with Crippen LogP contribution in [-0.4, -0.2) is 27.2 Å². The molecule has 0 spiro atoms. The third-order valence-electron chi connectivity index (χ3n) is 1.99. The first-order valence-electron chi connectivity index (χ1n) is 4.15. The van der Waals surface area contributed by atoms with Crippen molar-refractivity contribution in [1.82, 2.24) is 14.8 Å². The Bertz CT molecular complexity index is 345. The summed E-state index contributed by atoms with van der Waals surface area (Å²) in [6.45, 7) is 3.74. The Kier molecular flexibility index (Phi) is 1.68. The molecule has 1 amide bonds. The Morgan fingerprint density at radius 2 is 2.54 bits per heavy atom. The van der Waals surface area contributed by atoms with Crippen LogP contribution in [0.5, 0.6) is 0 Å². The molecule has 1 atom stereocenters. The van der Waals surface area contributed by atoms with Crippen molar-refractivity contribution in [3.8, 4) is 0 Å². The molecule has 2 heterocycles. The second-order valence-corrected chi connectivity index (χ2v) is 3.29. The van der Waals surface area contributed by atoms with Gasteiger partial charge in [0.1, 0.15) is 0 Å². The van der Waals surface area contributed by atoms with E-state index < -0.39 is 5.91 Å². The quantitative estimate of drug-likeness (QED) is 0.608. The van der Waals surface area contributed by atoms with Gasteiger partial charge < -0.3 is 11.1 Å². The van der Waals surface area contributed by atoms with Crippen LogP contribution in [0.1, 0.15) is 17.5 Å². The number of hydrogen-bond donors (Lipinski definition) is 2. The van der Waals surface area contributed by atoms with Crippen molar-refractivity contribution >= 4 is 11.9 Å². The van der Waals surface area contributed by atoms with Crippen LogP contribution in [0.25, 0.3) is 0 Å². The van der Waals surface area contributed by atoms with Gasteiger partial charge in [-0.2, -0.15) is 4.98 Å².